The van der Waals surface area contributed by atoms with Crippen molar-refractivity contribution in [2.24, 2.45) is 5.73 Å². The first-order valence-corrected chi connectivity index (χ1v) is 6.45. The molecule has 0 radical (unpaired) electrons. The second-order valence-electron chi connectivity index (χ2n) is 4.21. The van der Waals surface area contributed by atoms with E-state index in [2.05, 4.69) is 24.1 Å². The number of anilines is 1. The van der Waals surface area contributed by atoms with E-state index in [9.17, 15) is 9.18 Å². The SMILES string of the molecule is CCCCCC(=O)Nc1ccc(C#CCN)cc1F. The van der Waals surface area contributed by atoms with Gasteiger partial charge >= 0.3 is 0 Å². The average Bonchev–Trinajstić information content (AvgIpc) is 2.39. The van der Waals surface area contributed by atoms with Crippen molar-refractivity contribution in [3.8, 4) is 11.8 Å². The van der Waals surface area contributed by atoms with E-state index in [4.69, 9.17) is 5.73 Å². The van der Waals surface area contributed by atoms with Crippen molar-refractivity contribution in [2.75, 3.05) is 11.9 Å². The van der Waals surface area contributed by atoms with Gasteiger partial charge in [-0.15, -0.1) is 0 Å². The zero-order valence-corrected chi connectivity index (χ0v) is 11.1. The summed E-state index contributed by atoms with van der Waals surface area (Å²) >= 11 is 0. The van der Waals surface area contributed by atoms with Gasteiger partial charge in [0.05, 0.1) is 12.2 Å². The first-order valence-electron chi connectivity index (χ1n) is 6.45. The zero-order chi connectivity index (χ0) is 14.1. The van der Waals surface area contributed by atoms with Gasteiger partial charge < -0.3 is 11.1 Å². The average molecular weight is 262 g/mol. The minimum Gasteiger partial charge on any atom is -0.324 e. The molecule has 0 atom stereocenters. The Labute approximate surface area is 113 Å². The lowest BCUT2D eigenvalue weighted by molar-refractivity contribution is -0.116. The van der Waals surface area contributed by atoms with Crippen LogP contribution in [0.4, 0.5) is 10.1 Å². The van der Waals surface area contributed by atoms with Crippen LogP contribution in [0.25, 0.3) is 0 Å². The predicted octanol–water partition coefficient (Wildman–Crippen LogP) is 2.65. The molecule has 1 aromatic rings. The summed E-state index contributed by atoms with van der Waals surface area (Å²) in [4.78, 5) is 11.6. The Bertz CT molecular complexity index is 489. The number of nitrogens with two attached hydrogens (primary N) is 1. The number of benzene rings is 1. The maximum atomic E-state index is 13.7. The highest BCUT2D eigenvalue weighted by molar-refractivity contribution is 5.90. The van der Waals surface area contributed by atoms with Crippen LogP contribution in [0.2, 0.25) is 0 Å². The van der Waals surface area contributed by atoms with Crippen LogP contribution in [0.3, 0.4) is 0 Å². The molecule has 4 heteroatoms. The van der Waals surface area contributed by atoms with E-state index >= 15 is 0 Å². The van der Waals surface area contributed by atoms with Crippen LogP contribution in [-0.4, -0.2) is 12.5 Å². The molecule has 0 aliphatic heterocycles. The van der Waals surface area contributed by atoms with E-state index in [1.807, 2.05) is 0 Å². The number of halogens is 1. The lowest BCUT2D eigenvalue weighted by Gasteiger charge is -2.06. The monoisotopic (exact) mass is 262 g/mol. The molecule has 3 nitrogen and oxygen atoms in total. The third-order valence-electron chi connectivity index (χ3n) is 2.59. The van der Waals surface area contributed by atoms with Gasteiger partial charge in [0.25, 0.3) is 0 Å². The number of nitrogens with one attached hydrogen (secondary N) is 1. The van der Waals surface area contributed by atoms with E-state index in [0.29, 0.717) is 12.0 Å². The van der Waals surface area contributed by atoms with Crippen molar-refractivity contribution in [1.29, 1.82) is 0 Å². The van der Waals surface area contributed by atoms with Gasteiger partial charge in [0.15, 0.2) is 0 Å². The standard InChI is InChI=1S/C15H19FN2O/c1-2-3-4-7-15(19)18-14-9-8-12(6-5-10-17)11-13(14)16/h8-9,11H,2-4,7,10,17H2,1H3,(H,18,19). The van der Waals surface area contributed by atoms with E-state index in [1.165, 1.54) is 12.1 Å². The molecule has 0 bridgehead atoms. The van der Waals surface area contributed by atoms with Crippen LogP contribution in [0.5, 0.6) is 0 Å². The molecule has 0 saturated heterocycles. The lowest BCUT2D eigenvalue weighted by Crippen LogP contribution is -2.12. The van der Waals surface area contributed by atoms with Gasteiger partial charge in [-0.25, -0.2) is 4.39 Å². The van der Waals surface area contributed by atoms with Crippen LogP contribution in [-0.2, 0) is 4.79 Å². The Balaban J connectivity index is 2.62. The molecule has 102 valence electrons. The molecule has 19 heavy (non-hydrogen) atoms. The van der Waals surface area contributed by atoms with Crippen LogP contribution in [0.15, 0.2) is 18.2 Å². The highest BCUT2D eigenvalue weighted by Gasteiger charge is 2.07. The van der Waals surface area contributed by atoms with Crippen molar-refractivity contribution < 1.29 is 9.18 Å². The zero-order valence-electron chi connectivity index (χ0n) is 11.1. The maximum Gasteiger partial charge on any atom is 0.224 e. The van der Waals surface area contributed by atoms with Crippen LogP contribution < -0.4 is 11.1 Å². The molecule has 1 amide bonds. The molecule has 1 rings (SSSR count). The molecular formula is C15H19FN2O. The quantitative estimate of drug-likeness (QED) is 0.633. The number of rotatable bonds is 5. The summed E-state index contributed by atoms with van der Waals surface area (Å²) in [5.74, 6) is 4.75. The number of carbonyl (C=O) groups is 1. The van der Waals surface area contributed by atoms with Crippen LogP contribution in [0, 0.1) is 17.7 Å². The molecule has 3 N–H and O–H groups in total. The summed E-state index contributed by atoms with van der Waals surface area (Å²) < 4.78 is 13.7. The second-order valence-corrected chi connectivity index (χ2v) is 4.21. The molecule has 0 saturated carbocycles. The summed E-state index contributed by atoms with van der Waals surface area (Å²) in [7, 11) is 0. The van der Waals surface area contributed by atoms with E-state index in [-0.39, 0.29) is 18.1 Å². The highest BCUT2D eigenvalue weighted by atomic mass is 19.1. The van der Waals surface area contributed by atoms with E-state index in [1.54, 1.807) is 6.07 Å². The molecular weight excluding hydrogens is 243 g/mol. The smallest absolute Gasteiger partial charge is 0.224 e. The number of carbonyl (C=O) groups excluding carboxylic acids is 1. The third kappa shape index (κ3) is 5.54. The summed E-state index contributed by atoms with van der Waals surface area (Å²) in [5.41, 5.74) is 5.99. The van der Waals surface area contributed by atoms with Gasteiger partial charge in [-0.05, 0) is 24.6 Å². The van der Waals surface area contributed by atoms with Crippen LogP contribution >= 0.6 is 0 Å². The summed E-state index contributed by atoms with van der Waals surface area (Å²) in [6.07, 6.45) is 3.30. The van der Waals surface area contributed by atoms with E-state index in [0.717, 1.165) is 19.3 Å². The minimum absolute atomic E-state index is 0.159. The number of hydrogen-bond acceptors (Lipinski definition) is 2. The fourth-order valence-corrected chi connectivity index (χ4v) is 1.60. The predicted molar refractivity (Wildman–Crippen MR) is 75.1 cm³/mol. The Kier molecular flexibility index (Phi) is 6.62. The third-order valence-corrected chi connectivity index (χ3v) is 2.59. The number of hydrogen-bond donors (Lipinski definition) is 2. The van der Waals surface area contributed by atoms with Crippen molar-refractivity contribution in [1.82, 2.24) is 0 Å². The Morgan fingerprint density at radius 1 is 1.42 bits per heavy atom. The highest BCUT2D eigenvalue weighted by Crippen LogP contribution is 2.16. The van der Waals surface area contributed by atoms with Gasteiger partial charge in [0.2, 0.25) is 5.91 Å². The normalized spacial score (nSPS) is 9.63. The summed E-state index contributed by atoms with van der Waals surface area (Å²) in [6, 6.07) is 4.48. The second kappa shape index (κ2) is 8.28. The molecule has 0 unspecified atom stereocenters. The number of amides is 1. The molecule has 0 spiro atoms. The topological polar surface area (TPSA) is 55.1 Å². The molecule has 0 aromatic heterocycles. The van der Waals surface area contributed by atoms with Crippen LogP contribution in [0.1, 0.15) is 38.2 Å². The van der Waals surface area contributed by atoms with Crippen molar-refractivity contribution in [3.05, 3.63) is 29.6 Å². The first kappa shape index (κ1) is 15.2. The largest absolute Gasteiger partial charge is 0.324 e. The van der Waals surface area contributed by atoms with Gasteiger partial charge in [0.1, 0.15) is 5.82 Å². The van der Waals surface area contributed by atoms with Gasteiger partial charge in [-0.1, -0.05) is 31.6 Å². The molecule has 0 aliphatic rings. The fourth-order valence-electron chi connectivity index (χ4n) is 1.60. The lowest BCUT2D eigenvalue weighted by atomic mass is 10.1. The molecule has 0 aliphatic carbocycles. The molecule has 0 heterocycles. The van der Waals surface area contributed by atoms with Gasteiger partial charge in [0, 0.05) is 12.0 Å². The number of unbranched alkanes of at least 4 members (excludes halogenated alkanes) is 2. The van der Waals surface area contributed by atoms with Crippen molar-refractivity contribution >= 4 is 11.6 Å². The van der Waals surface area contributed by atoms with E-state index < -0.39 is 5.82 Å². The molecule has 0 fully saturated rings. The Morgan fingerprint density at radius 3 is 2.84 bits per heavy atom. The Morgan fingerprint density at radius 2 is 2.21 bits per heavy atom. The van der Waals surface area contributed by atoms with Crippen molar-refractivity contribution in [2.45, 2.75) is 32.6 Å². The van der Waals surface area contributed by atoms with Gasteiger partial charge in [-0.2, -0.15) is 0 Å². The maximum absolute atomic E-state index is 13.7. The fraction of sp³-hybridized carbons (Fsp3) is 0.400. The first-order chi connectivity index (χ1) is 9.17. The minimum atomic E-state index is -0.479. The summed E-state index contributed by atoms with van der Waals surface area (Å²) in [5, 5.41) is 2.57. The Hall–Kier alpha value is -1.86. The molecule has 1 aromatic carbocycles. The summed E-state index contributed by atoms with van der Waals surface area (Å²) in [6.45, 7) is 2.30. The van der Waals surface area contributed by atoms with Crippen molar-refractivity contribution in [3.63, 3.8) is 0 Å². The van der Waals surface area contributed by atoms with Gasteiger partial charge in [-0.3, -0.25) is 4.79 Å².